The number of carboxylic acids is 2. The molecule has 0 aliphatic carbocycles. The summed E-state index contributed by atoms with van der Waals surface area (Å²) in [6.45, 7) is 2.46. The number of rotatable bonds is 9. The van der Waals surface area contributed by atoms with Gasteiger partial charge in [0.25, 0.3) is 0 Å². The fourth-order valence-corrected chi connectivity index (χ4v) is 3.05. The molecule has 0 bridgehead atoms. The minimum Gasteiger partial charge on any atom is -0.491 e. The Hall–Kier alpha value is -3.89. The van der Waals surface area contributed by atoms with Crippen LogP contribution >= 0.6 is 0 Å². The maximum atomic E-state index is 11.3. The van der Waals surface area contributed by atoms with Crippen LogP contribution in [0.1, 0.15) is 0 Å². The van der Waals surface area contributed by atoms with E-state index in [2.05, 4.69) is 34.0 Å². The normalized spacial score (nSPS) is 11.4. The lowest BCUT2D eigenvalue weighted by atomic mass is 10.2. The lowest BCUT2D eigenvalue weighted by Crippen LogP contribution is -2.37. The maximum Gasteiger partial charge on any atom is 0.414 e. The highest BCUT2D eigenvalue weighted by Gasteiger charge is 2.11. The average Bonchev–Trinajstić information content (AvgIpc) is 2.82. The molecule has 2 aromatic carbocycles. The smallest absolute Gasteiger partial charge is 0.414 e. The Balaban J connectivity index is 0.000000604. The molecule has 0 saturated carbocycles. The number of para-hydroxylation sites is 1. The number of likely N-dealkylation sites (N-methyl/N-ethyl adjacent to an activating group) is 2. The summed E-state index contributed by atoms with van der Waals surface area (Å²) in [4.78, 5) is 36.6. The predicted molar refractivity (Wildman–Crippen MR) is 129 cm³/mol. The molecule has 0 saturated heterocycles. The van der Waals surface area contributed by atoms with Crippen molar-refractivity contribution < 1.29 is 29.6 Å². The number of nitrogens with one attached hydrogen (secondary N) is 1. The quantitative estimate of drug-likeness (QED) is 0.341. The van der Waals surface area contributed by atoms with Crippen molar-refractivity contribution in [3.05, 3.63) is 71.0 Å². The molecule has 10 nitrogen and oxygen atoms in total. The Bertz CT molecular complexity index is 1120. The van der Waals surface area contributed by atoms with E-state index in [0.29, 0.717) is 12.3 Å². The summed E-state index contributed by atoms with van der Waals surface area (Å²) >= 11 is 0. The zero-order chi connectivity index (χ0) is 25.1. The van der Waals surface area contributed by atoms with Gasteiger partial charge in [-0.2, -0.15) is 0 Å². The van der Waals surface area contributed by atoms with Crippen molar-refractivity contribution in [1.29, 1.82) is 0 Å². The van der Waals surface area contributed by atoms with Crippen molar-refractivity contribution in [1.82, 2.24) is 9.88 Å². The fourth-order valence-electron chi connectivity index (χ4n) is 3.05. The Morgan fingerprint density at radius 1 is 0.971 bits per heavy atom. The molecule has 0 radical (unpaired) electrons. The summed E-state index contributed by atoms with van der Waals surface area (Å²) in [7, 11) is 4.06. The van der Waals surface area contributed by atoms with Gasteiger partial charge in [-0.15, -0.1) is 0 Å². The molecular formula is C24H29N3O7. The van der Waals surface area contributed by atoms with Gasteiger partial charge >= 0.3 is 11.9 Å². The summed E-state index contributed by atoms with van der Waals surface area (Å²) in [5.41, 5.74) is 1.82. The first kappa shape index (κ1) is 26.4. The van der Waals surface area contributed by atoms with Gasteiger partial charge < -0.3 is 34.8 Å². The number of carboxylic acid groups (broad SMARTS) is 2. The van der Waals surface area contributed by atoms with E-state index in [1.807, 2.05) is 37.4 Å². The van der Waals surface area contributed by atoms with Gasteiger partial charge in [-0.25, -0.2) is 9.59 Å². The van der Waals surface area contributed by atoms with E-state index in [1.54, 1.807) is 12.1 Å². The van der Waals surface area contributed by atoms with Gasteiger partial charge in [-0.3, -0.25) is 4.79 Å². The Labute approximate surface area is 196 Å². The lowest BCUT2D eigenvalue weighted by Gasteiger charge is -2.25. The van der Waals surface area contributed by atoms with E-state index >= 15 is 0 Å². The van der Waals surface area contributed by atoms with Gasteiger partial charge in [0.05, 0.1) is 0 Å². The minimum absolute atomic E-state index is 0.127. The largest absolute Gasteiger partial charge is 0.491 e. The predicted octanol–water partition coefficient (Wildman–Crippen LogP) is 1.49. The molecule has 34 heavy (non-hydrogen) atoms. The van der Waals surface area contributed by atoms with E-state index < -0.39 is 18.0 Å². The van der Waals surface area contributed by atoms with Crippen LogP contribution in [-0.4, -0.2) is 83.6 Å². The molecule has 0 aliphatic rings. The molecule has 1 unspecified atom stereocenters. The van der Waals surface area contributed by atoms with Crippen LogP contribution in [0.4, 0.5) is 5.69 Å². The number of benzene rings is 2. The third-order valence-corrected chi connectivity index (χ3v) is 4.86. The fraction of sp³-hybridized carbons (Fsp3) is 0.292. The van der Waals surface area contributed by atoms with Crippen molar-refractivity contribution in [3.63, 3.8) is 0 Å². The second kappa shape index (κ2) is 13.0. The van der Waals surface area contributed by atoms with Crippen LogP contribution in [0.25, 0.3) is 10.9 Å². The third kappa shape index (κ3) is 8.93. The van der Waals surface area contributed by atoms with Gasteiger partial charge in [-0.1, -0.05) is 18.2 Å². The third-order valence-electron chi connectivity index (χ3n) is 4.86. The molecule has 0 amide bonds. The molecule has 182 valence electrons. The molecule has 1 heterocycles. The van der Waals surface area contributed by atoms with Crippen LogP contribution in [0.3, 0.4) is 0 Å². The highest BCUT2D eigenvalue weighted by molar-refractivity contribution is 6.27. The number of fused-ring (bicyclic) bond motifs is 1. The van der Waals surface area contributed by atoms with Gasteiger partial charge in [0.1, 0.15) is 18.5 Å². The first-order chi connectivity index (χ1) is 16.2. The van der Waals surface area contributed by atoms with Gasteiger partial charge in [-0.05, 0) is 43.4 Å². The number of pyridine rings is 1. The monoisotopic (exact) mass is 471 g/mol. The number of aliphatic carboxylic acids is 2. The van der Waals surface area contributed by atoms with Crippen LogP contribution in [-0.2, 0) is 9.59 Å². The van der Waals surface area contributed by atoms with Crippen LogP contribution in [0.15, 0.2) is 65.5 Å². The van der Waals surface area contributed by atoms with Crippen molar-refractivity contribution in [2.45, 2.75) is 6.10 Å². The minimum atomic E-state index is -1.82. The van der Waals surface area contributed by atoms with Crippen LogP contribution in [0, 0.1) is 0 Å². The second-order valence-corrected chi connectivity index (χ2v) is 7.67. The number of anilines is 1. The van der Waals surface area contributed by atoms with E-state index in [-0.39, 0.29) is 12.2 Å². The number of aliphatic hydroxyl groups excluding tert-OH is 1. The molecular weight excluding hydrogens is 442 g/mol. The molecule has 0 aliphatic heterocycles. The van der Waals surface area contributed by atoms with Crippen molar-refractivity contribution in [2.24, 2.45) is 0 Å². The first-order valence-corrected chi connectivity index (χ1v) is 10.5. The molecule has 3 aromatic rings. The Morgan fingerprint density at radius 3 is 2.29 bits per heavy atom. The van der Waals surface area contributed by atoms with E-state index in [1.165, 1.54) is 11.8 Å². The Kier molecular flexibility index (Phi) is 10.1. The number of ether oxygens (including phenoxy) is 1. The standard InChI is InChI=1S/C22H27N3O3.C2H2O4/c1-24(12-13-25(2)18-6-4-3-5-7-18)15-19(26)16-28-20-9-10-21-17(14-20)8-11-22(27)23-21;3-1(4)2(5)6/h3-11,14,19,26H,12-13,15-16H2,1-2H3,(H,23,27);(H,3,4)(H,5,6). The molecule has 4 N–H and O–H groups in total. The summed E-state index contributed by atoms with van der Waals surface area (Å²) < 4.78 is 5.72. The number of hydrogen-bond acceptors (Lipinski definition) is 7. The molecule has 1 atom stereocenters. The average molecular weight is 472 g/mol. The molecule has 3 rings (SSSR count). The number of aromatic nitrogens is 1. The molecule has 10 heteroatoms. The van der Waals surface area contributed by atoms with Gasteiger partial charge in [0.2, 0.25) is 5.56 Å². The first-order valence-electron chi connectivity index (χ1n) is 10.5. The van der Waals surface area contributed by atoms with E-state index in [9.17, 15) is 9.90 Å². The summed E-state index contributed by atoms with van der Waals surface area (Å²) in [6.07, 6.45) is -0.585. The maximum absolute atomic E-state index is 11.3. The number of carbonyl (C=O) groups is 2. The molecule has 1 aromatic heterocycles. The number of H-pyrrole nitrogens is 1. The number of nitrogens with zero attached hydrogens (tertiary/aromatic N) is 2. The zero-order valence-corrected chi connectivity index (χ0v) is 19.0. The highest BCUT2D eigenvalue weighted by atomic mass is 16.5. The summed E-state index contributed by atoms with van der Waals surface area (Å²) in [6, 6.07) is 18.9. The lowest BCUT2D eigenvalue weighted by molar-refractivity contribution is -0.159. The van der Waals surface area contributed by atoms with Crippen molar-refractivity contribution in [3.8, 4) is 5.75 Å². The SMILES string of the molecule is CN(CCN(C)c1ccccc1)CC(O)COc1ccc2[nH]c(=O)ccc2c1.O=C(O)C(=O)O. The highest BCUT2D eigenvalue weighted by Crippen LogP contribution is 2.18. The molecule has 0 fully saturated rings. The Morgan fingerprint density at radius 2 is 1.65 bits per heavy atom. The molecule has 0 spiro atoms. The summed E-state index contributed by atoms with van der Waals surface area (Å²) in [5.74, 6) is -2.98. The van der Waals surface area contributed by atoms with E-state index in [0.717, 1.165) is 24.0 Å². The zero-order valence-electron chi connectivity index (χ0n) is 19.0. The summed E-state index contributed by atoms with van der Waals surface area (Å²) in [5, 5.41) is 26.0. The number of aromatic amines is 1. The second-order valence-electron chi connectivity index (χ2n) is 7.67. The van der Waals surface area contributed by atoms with Gasteiger partial charge in [0, 0.05) is 49.3 Å². The van der Waals surface area contributed by atoms with Gasteiger partial charge in [0.15, 0.2) is 0 Å². The van der Waals surface area contributed by atoms with Crippen molar-refractivity contribution in [2.75, 3.05) is 45.2 Å². The number of aliphatic hydroxyl groups is 1. The van der Waals surface area contributed by atoms with Crippen molar-refractivity contribution >= 4 is 28.5 Å². The van der Waals surface area contributed by atoms with E-state index in [4.69, 9.17) is 24.5 Å². The van der Waals surface area contributed by atoms with Crippen LogP contribution < -0.4 is 15.2 Å². The van der Waals surface area contributed by atoms with Crippen LogP contribution in [0.5, 0.6) is 5.75 Å². The van der Waals surface area contributed by atoms with Crippen LogP contribution in [0.2, 0.25) is 0 Å². The topological polar surface area (TPSA) is 143 Å². The number of hydrogen-bond donors (Lipinski definition) is 4.